The monoisotopic (exact) mass is 194 g/mol. The van der Waals surface area contributed by atoms with Crippen molar-refractivity contribution in [3.63, 3.8) is 0 Å². The van der Waals surface area contributed by atoms with Crippen LogP contribution in [0, 0.1) is 13.8 Å². The maximum Gasteiger partial charge on any atom is 0.254 e. The Morgan fingerprint density at radius 3 is 2.29 bits per heavy atom. The highest BCUT2D eigenvalue weighted by Gasteiger charge is 2.11. The van der Waals surface area contributed by atoms with E-state index in [2.05, 4.69) is 23.8 Å². The number of H-pyrrole nitrogens is 1. The molecule has 0 aromatic carbocycles. The average Bonchev–Trinajstić information content (AvgIpc) is 2.16. The first-order valence-corrected chi connectivity index (χ1v) is 5.17. The van der Waals surface area contributed by atoms with Gasteiger partial charge < -0.3 is 4.98 Å². The lowest BCUT2D eigenvalue weighted by Crippen LogP contribution is -2.18. The summed E-state index contributed by atoms with van der Waals surface area (Å²) < 4.78 is 0. The molecule has 0 amide bonds. The molecule has 0 saturated carbocycles. The summed E-state index contributed by atoms with van der Waals surface area (Å²) in [6.45, 7) is 7.92. The number of aromatic amines is 1. The summed E-state index contributed by atoms with van der Waals surface area (Å²) in [7, 11) is 0. The molecule has 1 heterocycles. The van der Waals surface area contributed by atoms with Crippen LogP contribution in [0.5, 0.6) is 0 Å². The van der Waals surface area contributed by atoms with Gasteiger partial charge in [-0.3, -0.25) is 4.79 Å². The minimum atomic E-state index is -0.000556. The summed E-state index contributed by atoms with van der Waals surface area (Å²) in [6.07, 6.45) is 2.03. The van der Waals surface area contributed by atoms with Crippen molar-refractivity contribution in [1.82, 2.24) is 9.97 Å². The zero-order chi connectivity index (χ0) is 10.7. The fourth-order valence-corrected chi connectivity index (χ4v) is 1.54. The van der Waals surface area contributed by atoms with E-state index in [9.17, 15) is 4.79 Å². The number of aromatic nitrogens is 2. The molecule has 0 unspecified atom stereocenters. The van der Waals surface area contributed by atoms with E-state index in [0.29, 0.717) is 5.92 Å². The third kappa shape index (κ3) is 2.03. The standard InChI is InChI=1S/C11H18N2O/c1-5-9(6-2)10-12-8(4)7(3)11(14)13-10/h9H,5-6H2,1-4H3,(H,12,13,14). The van der Waals surface area contributed by atoms with E-state index < -0.39 is 0 Å². The van der Waals surface area contributed by atoms with Crippen LogP contribution in [0.3, 0.4) is 0 Å². The second kappa shape index (κ2) is 4.40. The van der Waals surface area contributed by atoms with Gasteiger partial charge in [0, 0.05) is 17.2 Å². The molecule has 1 rings (SSSR count). The molecule has 1 N–H and O–H groups in total. The van der Waals surface area contributed by atoms with Crippen molar-refractivity contribution in [3.05, 3.63) is 27.4 Å². The van der Waals surface area contributed by atoms with E-state index in [1.807, 2.05) is 6.92 Å². The molecule has 1 aromatic rings. The van der Waals surface area contributed by atoms with Crippen LogP contribution < -0.4 is 5.56 Å². The molecular weight excluding hydrogens is 176 g/mol. The molecule has 0 radical (unpaired) electrons. The summed E-state index contributed by atoms with van der Waals surface area (Å²) in [5, 5.41) is 0. The van der Waals surface area contributed by atoms with Gasteiger partial charge in [0.05, 0.1) is 0 Å². The molecule has 14 heavy (non-hydrogen) atoms. The molecule has 0 fully saturated rings. The topological polar surface area (TPSA) is 45.8 Å². The van der Waals surface area contributed by atoms with Gasteiger partial charge in [0.2, 0.25) is 0 Å². The van der Waals surface area contributed by atoms with Crippen LogP contribution >= 0.6 is 0 Å². The van der Waals surface area contributed by atoms with Crippen molar-refractivity contribution in [3.8, 4) is 0 Å². The van der Waals surface area contributed by atoms with E-state index >= 15 is 0 Å². The molecule has 0 atom stereocenters. The van der Waals surface area contributed by atoms with Crippen LogP contribution in [0.15, 0.2) is 4.79 Å². The Labute approximate surface area is 84.6 Å². The molecule has 0 saturated heterocycles. The molecule has 0 bridgehead atoms. The Bertz CT molecular complexity index is 364. The summed E-state index contributed by atoms with van der Waals surface area (Å²) in [6, 6.07) is 0. The first-order chi connectivity index (χ1) is 6.60. The third-order valence-corrected chi connectivity index (χ3v) is 2.79. The Kier molecular flexibility index (Phi) is 3.44. The summed E-state index contributed by atoms with van der Waals surface area (Å²) in [4.78, 5) is 18.8. The minimum absolute atomic E-state index is 0.000556. The van der Waals surface area contributed by atoms with Crippen LogP contribution in [-0.4, -0.2) is 9.97 Å². The van der Waals surface area contributed by atoms with E-state index in [4.69, 9.17) is 0 Å². The molecule has 0 aliphatic rings. The van der Waals surface area contributed by atoms with Gasteiger partial charge in [-0.25, -0.2) is 4.98 Å². The normalized spacial score (nSPS) is 10.9. The lowest BCUT2D eigenvalue weighted by molar-refractivity contribution is 0.595. The third-order valence-electron chi connectivity index (χ3n) is 2.79. The first-order valence-electron chi connectivity index (χ1n) is 5.17. The second-order valence-corrected chi connectivity index (χ2v) is 3.67. The van der Waals surface area contributed by atoms with E-state index in [1.54, 1.807) is 6.92 Å². The Hall–Kier alpha value is -1.12. The van der Waals surface area contributed by atoms with Gasteiger partial charge in [-0.15, -0.1) is 0 Å². The molecular formula is C11H18N2O. The van der Waals surface area contributed by atoms with Gasteiger partial charge in [0.25, 0.3) is 5.56 Å². The van der Waals surface area contributed by atoms with E-state index in [-0.39, 0.29) is 5.56 Å². The Balaban J connectivity index is 3.18. The molecule has 78 valence electrons. The number of nitrogens with zero attached hydrogens (tertiary/aromatic N) is 1. The van der Waals surface area contributed by atoms with Gasteiger partial charge in [-0.05, 0) is 26.7 Å². The number of aryl methyl sites for hydroxylation is 1. The first kappa shape index (κ1) is 11.0. The SMILES string of the molecule is CCC(CC)c1nc(C)c(C)c(=O)[nH]1. The van der Waals surface area contributed by atoms with Crippen LogP contribution in [0.4, 0.5) is 0 Å². The van der Waals surface area contributed by atoms with Crippen molar-refractivity contribution in [1.29, 1.82) is 0 Å². The van der Waals surface area contributed by atoms with Gasteiger partial charge in [0.15, 0.2) is 0 Å². The highest BCUT2D eigenvalue weighted by Crippen LogP contribution is 2.18. The van der Waals surface area contributed by atoms with E-state index in [0.717, 1.165) is 29.9 Å². The van der Waals surface area contributed by atoms with Crippen LogP contribution in [0.25, 0.3) is 0 Å². The molecule has 0 spiro atoms. The lowest BCUT2D eigenvalue weighted by Gasteiger charge is -2.12. The second-order valence-electron chi connectivity index (χ2n) is 3.67. The zero-order valence-corrected chi connectivity index (χ0v) is 9.35. The predicted octanol–water partition coefficient (Wildman–Crippen LogP) is 2.29. The summed E-state index contributed by atoms with van der Waals surface area (Å²) >= 11 is 0. The maximum absolute atomic E-state index is 11.5. The molecule has 3 heteroatoms. The molecule has 0 aliphatic heterocycles. The van der Waals surface area contributed by atoms with Crippen molar-refractivity contribution in [2.75, 3.05) is 0 Å². The van der Waals surface area contributed by atoms with Crippen molar-refractivity contribution < 1.29 is 0 Å². The van der Waals surface area contributed by atoms with Crippen LogP contribution in [0.2, 0.25) is 0 Å². The van der Waals surface area contributed by atoms with Crippen molar-refractivity contribution in [2.45, 2.75) is 46.5 Å². The number of hydrogen-bond donors (Lipinski definition) is 1. The smallest absolute Gasteiger partial charge is 0.254 e. The molecule has 3 nitrogen and oxygen atoms in total. The Morgan fingerprint density at radius 2 is 1.86 bits per heavy atom. The van der Waals surface area contributed by atoms with Gasteiger partial charge in [0.1, 0.15) is 5.82 Å². The fourth-order valence-electron chi connectivity index (χ4n) is 1.54. The Morgan fingerprint density at radius 1 is 1.29 bits per heavy atom. The number of rotatable bonds is 3. The highest BCUT2D eigenvalue weighted by atomic mass is 16.1. The lowest BCUT2D eigenvalue weighted by atomic mass is 10.0. The summed E-state index contributed by atoms with van der Waals surface area (Å²) in [5.74, 6) is 1.21. The minimum Gasteiger partial charge on any atom is -0.310 e. The largest absolute Gasteiger partial charge is 0.310 e. The fraction of sp³-hybridized carbons (Fsp3) is 0.636. The number of hydrogen-bond acceptors (Lipinski definition) is 2. The zero-order valence-electron chi connectivity index (χ0n) is 9.35. The predicted molar refractivity (Wildman–Crippen MR) is 57.7 cm³/mol. The quantitative estimate of drug-likeness (QED) is 0.802. The van der Waals surface area contributed by atoms with Gasteiger partial charge in [-0.2, -0.15) is 0 Å². The highest BCUT2D eigenvalue weighted by molar-refractivity contribution is 5.15. The van der Waals surface area contributed by atoms with E-state index in [1.165, 1.54) is 0 Å². The van der Waals surface area contributed by atoms with Crippen molar-refractivity contribution in [2.24, 2.45) is 0 Å². The van der Waals surface area contributed by atoms with Gasteiger partial charge >= 0.3 is 0 Å². The van der Waals surface area contributed by atoms with Crippen LogP contribution in [-0.2, 0) is 0 Å². The van der Waals surface area contributed by atoms with Gasteiger partial charge in [-0.1, -0.05) is 13.8 Å². The maximum atomic E-state index is 11.5. The van der Waals surface area contributed by atoms with Crippen LogP contribution in [0.1, 0.15) is 49.7 Å². The molecule has 0 aliphatic carbocycles. The van der Waals surface area contributed by atoms with Crippen molar-refractivity contribution >= 4 is 0 Å². The average molecular weight is 194 g/mol. The molecule has 1 aromatic heterocycles. The number of nitrogens with one attached hydrogen (secondary N) is 1. The summed E-state index contributed by atoms with van der Waals surface area (Å²) in [5.41, 5.74) is 1.56.